The molecule has 2 N–H and O–H groups in total. The van der Waals surface area contributed by atoms with Crippen molar-refractivity contribution in [2.75, 3.05) is 0 Å². The average Bonchev–Trinajstić information content (AvgIpc) is 2.82. The zero-order chi connectivity index (χ0) is 12.1. The first kappa shape index (κ1) is 12.6. The van der Waals surface area contributed by atoms with E-state index < -0.39 is 0 Å². The largest absolute Gasteiger partial charge is 0.387 e. The van der Waals surface area contributed by atoms with Crippen LogP contribution in [-0.4, -0.2) is 11.9 Å². The summed E-state index contributed by atoms with van der Waals surface area (Å²) in [7, 11) is 0. The van der Waals surface area contributed by atoms with Crippen molar-refractivity contribution in [3.63, 3.8) is 0 Å². The van der Waals surface area contributed by atoms with E-state index in [4.69, 9.17) is 5.73 Å². The first-order valence-electron chi connectivity index (χ1n) is 6.60. The predicted molar refractivity (Wildman–Crippen MR) is 75.7 cm³/mol. The topological polar surface area (TPSA) is 38.4 Å². The number of amidine groups is 1. The molecule has 94 valence electrons. The molecule has 2 nitrogen and oxygen atoms in total. The van der Waals surface area contributed by atoms with Crippen LogP contribution in [0.2, 0.25) is 0 Å². The zero-order valence-corrected chi connectivity index (χ0v) is 11.4. The van der Waals surface area contributed by atoms with E-state index >= 15 is 0 Å². The summed E-state index contributed by atoms with van der Waals surface area (Å²) in [6.07, 6.45) is 7.49. The Bertz CT molecular complexity index is 350. The highest BCUT2D eigenvalue weighted by Gasteiger charge is 2.17. The Morgan fingerprint density at radius 2 is 2.24 bits per heavy atom. The molecule has 1 aliphatic rings. The molecule has 1 aromatic rings. The highest BCUT2D eigenvalue weighted by molar-refractivity contribution is 7.07. The fourth-order valence-corrected chi connectivity index (χ4v) is 3.24. The van der Waals surface area contributed by atoms with Gasteiger partial charge in [-0.05, 0) is 48.6 Å². The molecule has 0 spiro atoms. The minimum absolute atomic E-state index is 0.312. The Hall–Kier alpha value is -0.830. The first-order valence-corrected chi connectivity index (χ1v) is 7.54. The van der Waals surface area contributed by atoms with Crippen LogP contribution in [0.4, 0.5) is 0 Å². The van der Waals surface area contributed by atoms with Crippen LogP contribution in [0.25, 0.3) is 0 Å². The lowest BCUT2D eigenvalue weighted by molar-refractivity contribution is 0.435. The first-order chi connectivity index (χ1) is 8.25. The van der Waals surface area contributed by atoms with Gasteiger partial charge in [0.2, 0.25) is 0 Å². The smallest absolute Gasteiger partial charge is 0.0971 e. The van der Waals surface area contributed by atoms with E-state index in [-0.39, 0.29) is 0 Å². The van der Waals surface area contributed by atoms with E-state index in [1.807, 2.05) is 0 Å². The van der Waals surface area contributed by atoms with Gasteiger partial charge in [0, 0.05) is 5.92 Å². The molecule has 1 unspecified atom stereocenters. The third kappa shape index (κ3) is 3.84. The van der Waals surface area contributed by atoms with Gasteiger partial charge in [-0.25, -0.2) is 0 Å². The Morgan fingerprint density at radius 3 is 2.88 bits per heavy atom. The van der Waals surface area contributed by atoms with Gasteiger partial charge in [-0.15, -0.1) is 0 Å². The Kier molecular flexibility index (Phi) is 4.60. The summed E-state index contributed by atoms with van der Waals surface area (Å²) >= 11 is 1.75. The van der Waals surface area contributed by atoms with Crippen molar-refractivity contribution in [1.82, 2.24) is 0 Å². The maximum atomic E-state index is 6.13. The van der Waals surface area contributed by atoms with Crippen molar-refractivity contribution in [2.45, 2.75) is 51.5 Å². The van der Waals surface area contributed by atoms with Crippen molar-refractivity contribution in [2.24, 2.45) is 16.6 Å². The fraction of sp³-hybridized carbons (Fsp3) is 0.643. The second-order valence-corrected chi connectivity index (χ2v) is 5.85. The van der Waals surface area contributed by atoms with Gasteiger partial charge < -0.3 is 5.73 Å². The number of hydrogen-bond donors (Lipinski definition) is 1. The maximum Gasteiger partial charge on any atom is 0.0971 e. The summed E-state index contributed by atoms with van der Waals surface area (Å²) in [5.74, 6) is 1.45. The molecule has 1 heterocycles. The zero-order valence-electron chi connectivity index (χ0n) is 10.6. The van der Waals surface area contributed by atoms with Gasteiger partial charge in [0.15, 0.2) is 0 Å². The van der Waals surface area contributed by atoms with Crippen LogP contribution < -0.4 is 5.73 Å². The molecular weight excluding hydrogens is 228 g/mol. The van der Waals surface area contributed by atoms with Crippen LogP contribution >= 0.6 is 11.3 Å². The van der Waals surface area contributed by atoms with Gasteiger partial charge in [0.25, 0.3) is 0 Å². The van der Waals surface area contributed by atoms with Crippen molar-refractivity contribution < 1.29 is 0 Å². The Balaban J connectivity index is 1.88. The van der Waals surface area contributed by atoms with E-state index in [1.54, 1.807) is 11.3 Å². The number of rotatable bonds is 4. The van der Waals surface area contributed by atoms with Crippen molar-refractivity contribution in [3.8, 4) is 0 Å². The van der Waals surface area contributed by atoms with Gasteiger partial charge in [0.05, 0.1) is 11.9 Å². The summed E-state index contributed by atoms with van der Waals surface area (Å²) in [4.78, 5) is 4.67. The molecule has 0 radical (unpaired) electrons. The second-order valence-electron chi connectivity index (χ2n) is 5.07. The maximum absolute atomic E-state index is 6.13. The summed E-state index contributed by atoms with van der Waals surface area (Å²) < 4.78 is 0. The van der Waals surface area contributed by atoms with Crippen LogP contribution in [-0.2, 0) is 6.42 Å². The van der Waals surface area contributed by atoms with Crippen molar-refractivity contribution in [3.05, 3.63) is 22.4 Å². The number of hydrogen-bond acceptors (Lipinski definition) is 2. The van der Waals surface area contributed by atoms with Crippen LogP contribution in [0.15, 0.2) is 21.8 Å². The van der Waals surface area contributed by atoms with E-state index in [9.17, 15) is 0 Å². The molecule has 0 bridgehead atoms. The summed E-state index contributed by atoms with van der Waals surface area (Å²) in [5, 5.41) is 4.32. The molecule has 17 heavy (non-hydrogen) atoms. The summed E-state index contributed by atoms with van der Waals surface area (Å²) in [6.45, 7) is 2.16. The lowest BCUT2D eigenvalue weighted by Crippen LogP contribution is -2.27. The lowest BCUT2D eigenvalue weighted by Gasteiger charge is -2.21. The minimum Gasteiger partial charge on any atom is -0.387 e. The third-order valence-corrected chi connectivity index (χ3v) is 4.24. The van der Waals surface area contributed by atoms with Gasteiger partial charge in [-0.2, -0.15) is 11.3 Å². The molecule has 3 heteroatoms. The van der Waals surface area contributed by atoms with Gasteiger partial charge >= 0.3 is 0 Å². The highest BCUT2D eigenvalue weighted by Crippen LogP contribution is 2.24. The van der Waals surface area contributed by atoms with Crippen LogP contribution in [0.5, 0.6) is 0 Å². The van der Waals surface area contributed by atoms with Crippen LogP contribution in [0, 0.1) is 5.92 Å². The quantitative estimate of drug-likeness (QED) is 0.643. The molecule has 1 saturated carbocycles. The average molecular weight is 250 g/mol. The van der Waals surface area contributed by atoms with Gasteiger partial charge in [-0.3, -0.25) is 4.99 Å². The molecular formula is C14H22N2S. The van der Waals surface area contributed by atoms with E-state index in [0.717, 1.165) is 12.3 Å². The molecule has 0 saturated heterocycles. The molecule has 1 aromatic heterocycles. The SMILES string of the molecule is CC(Cc1ccsc1)N=C(N)C1CCCCC1. The third-order valence-electron chi connectivity index (χ3n) is 3.50. The van der Waals surface area contributed by atoms with Crippen LogP contribution in [0.1, 0.15) is 44.6 Å². The molecule has 1 aliphatic carbocycles. The fourth-order valence-electron chi connectivity index (χ4n) is 2.55. The monoisotopic (exact) mass is 250 g/mol. The Labute approximate surface area is 108 Å². The minimum atomic E-state index is 0.312. The summed E-state index contributed by atoms with van der Waals surface area (Å²) in [6, 6.07) is 2.49. The van der Waals surface area contributed by atoms with Gasteiger partial charge in [0.1, 0.15) is 0 Å². The molecule has 2 rings (SSSR count). The molecule has 1 fully saturated rings. The predicted octanol–water partition coefficient (Wildman–Crippen LogP) is 3.62. The number of thiophene rings is 1. The second kappa shape index (κ2) is 6.20. The highest BCUT2D eigenvalue weighted by atomic mass is 32.1. The molecule has 0 aliphatic heterocycles. The molecule has 0 amide bonds. The molecule has 1 atom stereocenters. The standard InChI is InChI=1S/C14H22N2S/c1-11(9-12-7-8-17-10-12)16-14(15)13-5-3-2-4-6-13/h7-8,10-11,13H,2-6,9H2,1H3,(H2,15,16). The number of nitrogens with two attached hydrogens (primary N) is 1. The Morgan fingerprint density at radius 1 is 1.47 bits per heavy atom. The van der Waals surface area contributed by atoms with E-state index in [0.29, 0.717) is 12.0 Å². The van der Waals surface area contributed by atoms with E-state index in [2.05, 4.69) is 28.7 Å². The molecule has 0 aromatic carbocycles. The lowest BCUT2D eigenvalue weighted by atomic mass is 9.88. The van der Waals surface area contributed by atoms with Gasteiger partial charge in [-0.1, -0.05) is 19.3 Å². The number of nitrogens with zero attached hydrogens (tertiary/aromatic N) is 1. The number of aliphatic imine (C=N–C) groups is 1. The van der Waals surface area contributed by atoms with E-state index in [1.165, 1.54) is 37.7 Å². The van der Waals surface area contributed by atoms with Crippen molar-refractivity contribution in [1.29, 1.82) is 0 Å². The van der Waals surface area contributed by atoms with Crippen LogP contribution in [0.3, 0.4) is 0 Å². The summed E-state index contributed by atoms with van der Waals surface area (Å²) in [5.41, 5.74) is 7.51. The normalized spacial score (nSPS) is 20.4. The van der Waals surface area contributed by atoms with Crippen molar-refractivity contribution >= 4 is 17.2 Å².